The Kier molecular flexibility index (Phi) is 8.46. The van der Waals surface area contributed by atoms with Crippen molar-refractivity contribution in [3.63, 3.8) is 0 Å². The van der Waals surface area contributed by atoms with E-state index >= 15 is 0 Å². The normalized spacial score (nSPS) is 19.8. The van der Waals surface area contributed by atoms with Gasteiger partial charge < -0.3 is 20.3 Å². The predicted molar refractivity (Wildman–Crippen MR) is 96.0 cm³/mol. The first-order valence-corrected chi connectivity index (χ1v) is 8.94. The average Bonchev–Trinajstić information content (AvgIpc) is 2.64. The smallest absolute Gasteiger partial charge is 0.230 e. The van der Waals surface area contributed by atoms with Crippen LogP contribution in [0.3, 0.4) is 0 Å². The van der Waals surface area contributed by atoms with Crippen molar-refractivity contribution in [3.8, 4) is 0 Å². The van der Waals surface area contributed by atoms with E-state index in [1.54, 1.807) is 0 Å². The van der Waals surface area contributed by atoms with Crippen molar-refractivity contribution < 1.29 is 14.3 Å². The van der Waals surface area contributed by atoms with E-state index in [0.717, 1.165) is 25.7 Å². The lowest BCUT2D eigenvalue weighted by Gasteiger charge is -2.40. The maximum Gasteiger partial charge on any atom is 0.230 e. The standard InChI is InChI=1S/C17H31N3O3.ClH/c1-3-17(4-2,13-18)16(22)20-7-5-14(6-8-20)15(21)19-9-11-23-12-10-19;/h14H,3-13,18H2,1-2H3;1H. The number of carbonyl (C=O) groups is 2. The number of nitrogens with zero attached hydrogens (tertiary/aromatic N) is 2. The Balaban J connectivity index is 0.00000288. The van der Waals surface area contributed by atoms with Gasteiger partial charge in [0, 0.05) is 38.6 Å². The quantitative estimate of drug-likeness (QED) is 0.800. The summed E-state index contributed by atoms with van der Waals surface area (Å²) in [5.74, 6) is 0.450. The van der Waals surface area contributed by atoms with Gasteiger partial charge >= 0.3 is 0 Å². The molecule has 0 spiro atoms. The van der Waals surface area contributed by atoms with Gasteiger partial charge in [-0.15, -0.1) is 12.4 Å². The fourth-order valence-electron chi connectivity index (χ4n) is 3.64. The minimum atomic E-state index is -0.430. The molecule has 7 heteroatoms. The topological polar surface area (TPSA) is 75.9 Å². The number of amides is 2. The van der Waals surface area contributed by atoms with Crippen LogP contribution >= 0.6 is 12.4 Å². The number of nitrogens with two attached hydrogens (primary N) is 1. The number of ether oxygens (including phenoxy) is 1. The molecule has 2 aliphatic heterocycles. The van der Waals surface area contributed by atoms with E-state index in [1.165, 1.54) is 0 Å². The van der Waals surface area contributed by atoms with Crippen LogP contribution in [0.1, 0.15) is 39.5 Å². The van der Waals surface area contributed by atoms with Gasteiger partial charge in [0.25, 0.3) is 0 Å². The molecule has 2 saturated heterocycles. The summed E-state index contributed by atoms with van der Waals surface area (Å²) in [6.45, 7) is 8.45. The Hall–Kier alpha value is -0.850. The first-order chi connectivity index (χ1) is 11.1. The Bertz CT molecular complexity index is 407. The molecule has 6 nitrogen and oxygen atoms in total. The second kappa shape index (κ2) is 9.59. The number of morpholine rings is 1. The Morgan fingerprint density at radius 1 is 1.04 bits per heavy atom. The van der Waals surface area contributed by atoms with Crippen molar-refractivity contribution in [1.29, 1.82) is 0 Å². The molecule has 0 aromatic heterocycles. The summed E-state index contributed by atoms with van der Waals surface area (Å²) in [5, 5.41) is 0. The lowest BCUT2D eigenvalue weighted by atomic mass is 9.80. The summed E-state index contributed by atoms with van der Waals surface area (Å²) in [7, 11) is 0. The van der Waals surface area contributed by atoms with Crippen molar-refractivity contribution >= 4 is 24.2 Å². The van der Waals surface area contributed by atoms with Crippen LogP contribution in [0, 0.1) is 11.3 Å². The van der Waals surface area contributed by atoms with Crippen molar-refractivity contribution in [3.05, 3.63) is 0 Å². The highest BCUT2D eigenvalue weighted by Gasteiger charge is 2.39. The molecule has 24 heavy (non-hydrogen) atoms. The number of likely N-dealkylation sites (tertiary alicyclic amines) is 1. The van der Waals surface area contributed by atoms with Gasteiger partial charge in [-0.05, 0) is 25.7 Å². The summed E-state index contributed by atoms with van der Waals surface area (Å²) in [6, 6.07) is 0. The molecule has 2 amide bonds. The molecule has 0 bridgehead atoms. The van der Waals surface area contributed by atoms with Crippen LogP contribution in [0.25, 0.3) is 0 Å². The van der Waals surface area contributed by atoms with Gasteiger partial charge in [0.2, 0.25) is 11.8 Å². The van der Waals surface area contributed by atoms with E-state index in [9.17, 15) is 9.59 Å². The van der Waals surface area contributed by atoms with Crippen molar-refractivity contribution in [2.75, 3.05) is 45.9 Å². The summed E-state index contributed by atoms with van der Waals surface area (Å²) in [5.41, 5.74) is 5.46. The fraction of sp³-hybridized carbons (Fsp3) is 0.882. The number of hydrogen-bond acceptors (Lipinski definition) is 4. The molecule has 0 radical (unpaired) electrons. The monoisotopic (exact) mass is 361 g/mol. The van der Waals surface area contributed by atoms with Crippen LogP contribution < -0.4 is 5.73 Å². The van der Waals surface area contributed by atoms with Crippen LogP contribution in [-0.2, 0) is 14.3 Å². The van der Waals surface area contributed by atoms with Crippen LogP contribution in [0.15, 0.2) is 0 Å². The molecule has 2 heterocycles. The molecular formula is C17H32ClN3O3. The number of carbonyl (C=O) groups excluding carboxylic acids is 2. The zero-order valence-corrected chi connectivity index (χ0v) is 15.8. The number of piperidine rings is 1. The van der Waals surface area contributed by atoms with E-state index in [2.05, 4.69) is 0 Å². The maximum atomic E-state index is 12.8. The van der Waals surface area contributed by atoms with E-state index in [4.69, 9.17) is 10.5 Å². The third-order valence-corrected chi connectivity index (χ3v) is 5.65. The lowest BCUT2D eigenvalue weighted by Crippen LogP contribution is -2.52. The van der Waals surface area contributed by atoms with Crippen molar-refractivity contribution in [2.45, 2.75) is 39.5 Å². The van der Waals surface area contributed by atoms with Crippen LogP contribution in [0.5, 0.6) is 0 Å². The second-order valence-electron chi connectivity index (χ2n) is 6.70. The van der Waals surface area contributed by atoms with Crippen molar-refractivity contribution in [2.24, 2.45) is 17.1 Å². The van der Waals surface area contributed by atoms with E-state index in [-0.39, 0.29) is 30.1 Å². The number of rotatable bonds is 5. The minimum absolute atomic E-state index is 0. The molecule has 2 rings (SSSR count). The highest BCUT2D eigenvalue weighted by atomic mass is 35.5. The molecule has 2 N–H and O–H groups in total. The lowest BCUT2D eigenvalue weighted by molar-refractivity contribution is -0.148. The largest absolute Gasteiger partial charge is 0.378 e. The molecular weight excluding hydrogens is 330 g/mol. The van der Waals surface area contributed by atoms with Gasteiger partial charge in [-0.1, -0.05) is 13.8 Å². The highest BCUT2D eigenvalue weighted by molar-refractivity contribution is 5.85. The molecule has 2 aliphatic rings. The van der Waals surface area contributed by atoms with E-state index in [1.807, 2.05) is 23.6 Å². The summed E-state index contributed by atoms with van der Waals surface area (Å²) in [6.07, 6.45) is 3.06. The molecule has 0 aromatic rings. The Morgan fingerprint density at radius 2 is 1.58 bits per heavy atom. The number of hydrogen-bond donors (Lipinski definition) is 1. The third kappa shape index (κ3) is 4.41. The number of halogens is 1. The minimum Gasteiger partial charge on any atom is -0.378 e. The maximum absolute atomic E-state index is 12.8. The van der Waals surface area contributed by atoms with Gasteiger partial charge in [-0.2, -0.15) is 0 Å². The molecule has 0 aliphatic carbocycles. The van der Waals surface area contributed by atoms with Gasteiger partial charge in [0.15, 0.2) is 0 Å². The van der Waals surface area contributed by atoms with Gasteiger partial charge in [-0.25, -0.2) is 0 Å². The molecule has 0 atom stereocenters. The zero-order valence-electron chi connectivity index (χ0n) is 15.0. The van der Waals surface area contributed by atoms with Crippen LogP contribution in [-0.4, -0.2) is 67.6 Å². The summed E-state index contributed by atoms with van der Waals surface area (Å²) in [4.78, 5) is 29.2. The highest BCUT2D eigenvalue weighted by Crippen LogP contribution is 2.30. The van der Waals surface area contributed by atoms with Crippen molar-refractivity contribution in [1.82, 2.24) is 9.80 Å². The molecule has 0 aromatic carbocycles. The Labute approximate surface area is 151 Å². The fourth-order valence-corrected chi connectivity index (χ4v) is 3.64. The average molecular weight is 362 g/mol. The van der Waals surface area contributed by atoms with Crippen LogP contribution in [0.4, 0.5) is 0 Å². The predicted octanol–water partition coefficient (Wildman–Crippen LogP) is 1.27. The SMILES string of the molecule is CCC(CC)(CN)C(=O)N1CCC(C(=O)N2CCOCC2)CC1.Cl. The molecule has 0 unspecified atom stereocenters. The van der Waals surface area contributed by atoms with Gasteiger partial charge in [0.1, 0.15) is 0 Å². The zero-order chi connectivity index (χ0) is 16.9. The second-order valence-corrected chi connectivity index (χ2v) is 6.70. The van der Waals surface area contributed by atoms with E-state index in [0.29, 0.717) is 45.9 Å². The first kappa shape index (κ1) is 21.2. The molecule has 2 fully saturated rings. The summed E-state index contributed by atoms with van der Waals surface area (Å²) < 4.78 is 5.30. The third-order valence-electron chi connectivity index (χ3n) is 5.65. The van der Waals surface area contributed by atoms with Gasteiger partial charge in [0.05, 0.1) is 18.6 Å². The van der Waals surface area contributed by atoms with E-state index < -0.39 is 5.41 Å². The van der Waals surface area contributed by atoms with Crippen LogP contribution in [0.2, 0.25) is 0 Å². The summed E-state index contributed by atoms with van der Waals surface area (Å²) >= 11 is 0. The molecule has 0 saturated carbocycles. The first-order valence-electron chi connectivity index (χ1n) is 8.94. The van der Waals surface area contributed by atoms with Gasteiger partial charge in [-0.3, -0.25) is 9.59 Å². The Morgan fingerprint density at radius 3 is 2.04 bits per heavy atom. The molecule has 140 valence electrons.